The van der Waals surface area contributed by atoms with Crippen LogP contribution in [-0.2, 0) is 30.4 Å². The molecule has 1 aromatic carbocycles. The maximum absolute atomic E-state index is 12.1. The first-order valence-electron chi connectivity index (χ1n) is 5.41. The van der Waals surface area contributed by atoms with Crippen molar-refractivity contribution >= 4 is 16.1 Å². The SMILES string of the molecule is CC(O)(OS(=O)(=O)C(F)(F)F)C(=O)OCc1ccccc1. The Balaban J connectivity index is 2.72. The maximum atomic E-state index is 12.1. The van der Waals surface area contributed by atoms with E-state index in [1.165, 1.54) is 0 Å². The van der Waals surface area contributed by atoms with Crippen LogP contribution in [0.5, 0.6) is 0 Å². The zero-order chi connectivity index (χ0) is 16.3. The molecular weight excluding hydrogens is 317 g/mol. The lowest BCUT2D eigenvalue weighted by Gasteiger charge is -2.21. The van der Waals surface area contributed by atoms with E-state index in [1.807, 2.05) is 0 Å². The molecule has 0 bridgehead atoms. The molecule has 1 N–H and O–H groups in total. The second kappa shape index (κ2) is 6.00. The van der Waals surface area contributed by atoms with Gasteiger partial charge in [0, 0.05) is 6.92 Å². The fraction of sp³-hybridized carbons (Fsp3) is 0.364. The van der Waals surface area contributed by atoms with Crippen molar-refractivity contribution in [2.24, 2.45) is 0 Å². The van der Waals surface area contributed by atoms with Crippen LogP contribution in [0.2, 0.25) is 0 Å². The van der Waals surface area contributed by atoms with Crippen molar-refractivity contribution in [1.82, 2.24) is 0 Å². The molecule has 0 aliphatic rings. The molecule has 0 aliphatic carbocycles. The first-order valence-corrected chi connectivity index (χ1v) is 6.82. The van der Waals surface area contributed by atoms with E-state index in [4.69, 9.17) is 0 Å². The second-order valence-electron chi connectivity index (χ2n) is 4.03. The Morgan fingerprint density at radius 3 is 2.24 bits per heavy atom. The summed E-state index contributed by atoms with van der Waals surface area (Å²) in [6.07, 6.45) is 0. The summed E-state index contributed by atoms with van der Waals surface area (Å²) in [6.45, 7) is 0.0644. The van der Waals surface area contributed by atoms with Crippen LogP contribution in [0.1, 0.15) is 12.5 Å². The van der Waals surface area contributed by atoms with Gasteiger partial charge in [-0.2, -0.15) is 21.6 Å². The molecule has 0 fully saturated rings. The molecule has 1 aromatic rings. The van der Waals surface area contributed by atoms with Crippen LogP contribution >= 0.6 is 0 Å². The number of hydrogen-bond donors (Lipinski definition) is 1. The van der Waals surface area contributed by atoms with Gasteiger partial charge in [0.15, 0.2) is 0 Å². The minimum absolute atomic E-state index is 0.370. The Kier molecular flexibility index (Phi) is 4.97. The van der Waals surface area contributed by atoms with E-state index in [1.54, 1.807) is 30.3 Å². The monoisotopic (exact) mass is 328 g/mol. The van der Waals surface area contributed by atoms with Crippen LogP contribution < -0.4 is 0 Å². The Bertz CT molecular complexity index is 594. The van der Waals surface area contributed by atoms with Crippen molar-refractivity contribution in [3.63, 3.8) is 0 Å². The molecule has 1 unspecified atom stereocenters. The molecule has 1 rings (SSSR count). The second-order valence-corrected chi connectivity index (χ2v) is 5.57. The highest BCUT2D eigenvalue weighted by atomic mass is 32.2. The molecule has 6 nitrogen and oxygen atoms in total. The molecule has 0 saturated carbocycles. The highest BCUT2D eigenvalue weighted by Gasteiger charge is 2.53. The molecule has 0 spiro atoms. The van der Waals surface area contributed by atoms with Crippen LogP contribution in [0.3, 0.4) is 0 Å². The number of carbonyl (C=O) groups excluding carboxylic acids is 1. The van der Waals surface area contributed by atoms with Gasteiger partial charge in [-0.3, -0.25) is 0 Å². The highest BCUT2D eigenvalue weighted by molar-refractivity contribution is 7.87. The van der Waals surface area contributed by atoms with Crippen molar-refractivity contribution in [1.29, 1.82) is 0 Å². The first kappa shape index (κ1) is 17.4. The molecule has 1 atom stereocenters. The van der Waals surface area contributed by atoms with Gasteiger partial charge in [0.1, 0.15) is 6.61 Å². The van der Waals surface area contributed by atoms with Gasteiger partial charge in [0.2, 0.25) is 0 Å². The number of halogens is 3. The van der Waals surface area contributed by atoms with Crippen molar-refractivity contribution in [3.8, 4) is 0 Å². The average molecular weight is 328 g/mol. The Labute approximate surface area is 118 Å². The van der Waals surface area contributed by atoms with E-state index in [9.17, 15) is 31.5 Å². The van der Waals surface area contributed by atoms with Gasteiger partial charge >= 0.3 is 21.6 Å². The van der Waals surface area contributed by atoms with Crippen molar-refractivity contribution in [2.45, 2.75) is 24.8 Å². The maximum Gasteiger partial charge on any atom is 0.523 e. The van der Waals surface area contributed by atoms with Crippen LogP contribution in [0.4, 0.5) is 13.2 Å². The number of hydrogen-bond acceptors (Lipinski definition) is 6. The van der Waals surface area contributed by atoms with Crippen molar-refractivity contribution < 1.29 is 40.4 Å². The average Bonchev–Trinajstić information content (AvgIpc) is 2.34. The Morgan fingerprint density at radius 2 is 1.76 bits per heavy atom. The zero-order valence-corrected chi connectivity index (χ0v) is 11.4. The molecule has 10 heteroatoms. The number of alkyl halides is 3. The van der Waals surface area contributed by atoms with Crippen LogP contribution in [0.25, 0.3) is 0 Å². The van der Waals surface area contributed by atoms with E-state index in [0.717, 1.165) is 0 Å². The third kappa shape index (κ3) is 4.69. The predicted molar refractivity (Wildman–Crippen MR) is 62.9 cm³/mol. The smallest absolute Gasteiger partial charge is 0.457 e. The van der Waals surface area contributed by atoms with Gasteiger partial charge < -0.3 is 9.84 Å². The number of aliphatic hydroxyl groups is 1. The Morgan fingerprint density at radius 1 is 1.24 bits per heavy atom. The summed E-state index contributed by atoms with van der Waals surface area (Å²) in [5, 5.41) is 9.38. The minimum atomic E-state index is -6.13. The number of benzene rings is 1. The number of ether oxygens (including phenoxy) is 1. The van der Waals surface area contributed by atoms with Gasteiger partial charge in [-0.15, -0.1) is 0 Å². The molecule has 21 heavy (non-hydrogen) atoms. The van der Waals surface area contributed by atoms with Gasteiger partial charge in [0.05, 0.1) is 0 Å². The lowest BCUT2D eigenvalue weighted by Crippen LogP contribution is -2.44. The van der Waals surface area contributed by atoms with E-state index in [0.29, 0.717) is 12.5 Å². The third-order valence-electron chi connectivity index (χ3n) is 2.15. The van der Waals surface area contributed by atoms with Crippen LogP contribution in [0.15, 0.2) is 30.3 Å². The number of carbonyl (C=O) groups is 1. The molecule has 0 aromatic heterocycles. The molecule has 0 heterocycles. The minimum Gasteiger partial charge on any atom is -0.457 e. The number of rotatable bonds is 5. The standard InChI is InChI=1S/C11H11F3O6S/c1-10(16,20-21(17,18)11(12,13)14)9(15)19-7-8-5-3-2-4-6-8/h2-6,16H,7H2,1H3. The van der Waals surface area contributed by atoms with E-state index in [-0.39, 0.29) is 6.61 Å². The molecule has 118 valence electrons. The summed E-state index contributed by atoms with van der Waals surface area (Å²) >= 11 is 0. The van der Waals surface area contributed by atoms with Crippen LogP contribution in [-0.4, -0.2) is 30.8 Å². The lowest BCUT2D eigenvalue weighted by molar-refractivity contribution is -0.198. The van der Waals surface area contributed by atoms with Gasteiger partial charge in [0.25, 0.3) is 5.79 Å². The highest BCUT2D eigenvalue weighted by Crippen LogP contribution is 2.28. The predicted octanol–water partition coefficient (Wildman–Crippen LogP) is 1.30. The summed E-state index contributed by atoms with van der Waals surface area (Å²) in [5.41, 5.74) is -5.28. The fourth-order valence-corrected chi connectivity index (χ4v) is 1.74. The summed E-state index contributed by atoms with van der Waals surface area (Å²) in [4.78, 5) is 11.4. The molecule has 0 radical (unpaired) electrons. The lowest BCUT2D eigenvalue weighted by atomic mass is 10.2. The summed E-state index contributed by atoms with van der Waals surface area (Å²) in [7, 11) is -6.13. The first-order chi connectivity index (χ1) is 9.46. The third-order valence-corrected chi connectivity index (χ3v) is 3.26. The van der Waals surface area contributed by atoms with E-state index < -0.39 is 27.4 Å². The van der Waals surface area contributed by atoms with Gasteiger partial charge in [-0.1, -0.05) is 30.3 Å². The summed E-state index contributed by atoms with van der Waals surface area (Å²) in [5.74, 6) is -4.96. The van der Waals surface area contributed by atoms with Crippen LogP contribution in [0, 0.1) is 0 Å². The largest absolute Gasteiger partial charge is 0.523 e. The van der Waals surface area contributed by atoms with Crippen molar-refractivity contribution in [2.75, 3.05) is 0 Å². The Hall–Kier alpha value is -1.65. The zero-order valence-electron chi connectivity index (χ0n) is 10.6. The quantitative estimate of drug-likeness (QED) is 0.379. The fourth-order valence-electron chi connectivity index (χ4n) is 1.15. The number of esters is 1. The molecule has 0 amide bonds. The van der Waals surface area contributed by atoms with E-state index >= 15 is 0 Å². The molecule has 0 saturated heterocycles. The van der Waals surface area contributed by atoms with Gasteiger partial charge in [-0.25, -0.2) is 8.98 Å². The molecule has 0 aliphatic heterocycles. The topological polar surface area (TPSA) is 89.9 Å². The molecular formula is C11H11F3O6S. The van der Waals surface area contributed by atoms with E-state index in [2.05, 4.69) is 8.92 Å². The summed E-state index contributed by atoms with van der Waals surface area (Å²) < 4.78 is 65.7. The summed E-state index contributed by atoms with van der Waals surface area (Å²) in [6, 6.07) is 8.02. The van der Waals surface area contributed by atoms with Crippen molar-refractivity contribution in [3.05, 3.63) is 35.9 Å². The van der Waals surface area contributed by atoms with Gasteiger partial charge in [-0.05, 0) is 5.56 Å². The normalized spacial score (nSPS) is 15.3.